The summed E-state index contributed by atoms with van der Waals surface area (Å²) in [6.07, 6.45) is 3.56. The molecule has 1 aliphatic rings. The van der Waals surface area contributed by atoms with Crippen LogP contribution in [0.3, 0.4) is 0 Å². The third-order valence-corrected chi connectivity index (χ3v) is 5.45. The Morgan fingerprint density at radius 3 is 2.57 bits per heavy atom. The maximum absolute atomic E-state index is 13.7. The lowest BCUT2D eigenvalue weighted by molar-refractivity contribution is 0.0770. The molecule has 7 heteroatoms. The number of aliphatic hydroxyl groups is 1. The van der Waals surface area contributed by atoms with Gasteiger partial charge in [0.2, 0.25) is 0 Å². The Kier molecular flexibility index (Phi) is 7.96. The normalized spacial score (nSPS) is 15.8. The van der Waals surface area contributed by atoms with Crippen molar-refractivity contribution in [2.24, 2.45) is 4.99 Å². The summed E-state index contributed by atoms with van der Waals surface area (Å²) in [7, 11) is 0. The number of aliphatic hydroxyl groups excluding tert-OH is 1. The average Bonchev–Trinajstić information content (AvgIpc) is 2.72. The van der Waals surface area contributed by atoms with Crippen LogP contribution >= 0.6 is 11.6 Å². The highest BCUT2D eigenvalue weighted by molar-refractivity contribution is 6.29. The van der Waals surface area contributed by atoms with Crippen LogP contribution in [0.25, 0.3) is 0 Å². The molecule has 0 saturated heterocycles. The highest BCUT2D eigenvalue weighted by atomic mass is 35.5. The summed E-state index contributed by atoms with van der Waals surface area (Å²) < 4.78 is 27.3. The van der Waals surface area contributed by atoms with Gasteiger partial charge in [-0.05, 0) is 41.7 Å². The third-order valence-electron chi connectivity index (χ3n) is 5.13. The van der Waals surface area contributed by atoms with E-state index < -0.39 is 23.8 Å². The monoisotopic (exact) mass is 433 g/mol. The quantitative estimate of drug-likeness (QED) is 0.587. The number of nitrogens with one attached hydrogen (secondary N) is 1. The van der Waals surface area contributed by atoms with E-state index in [1.54, 1.807) is 11.1 Å². The first kappa shape index (κ1) is 22.4. The second kappa shape index (κ2) is 10.7. The van der Waals surface area contributed by atoms with Crippen molar-refractivity contribution in [3.05, 3.63) is 82.1 Å². The summed E-state index contributed by atoms with van der Waals surface area (Å²) in [5, 5.41) is 14.6. The van der Waals surface area contributed by atoms with Gasteiger partial charge >= 0.3 is 0 Å². The number of hydrogen-bond donors (Lipinski definition) is 2. The van der Waals surface area contributed by atoms with Crippen molar-refractivity contribution in [2.75, 3.05) is 13.1 Å². The minimum Gasteiger partial charge on any atom is -0.390 e. The van der Waals surface area contributed by atoms with Crippen molar-refractivity contribution in [1.82, 2.24) is 10.2 Å². The Morgan fingerprint density at radius 2 is 1.87 bits per heavy atom. The Morgan fingerprint density at radius 1 is 1.13 bits per heavy atom. The summed E-state index contributed by atoms with van der Waals surface area (Å²) in [4.78, 5) is 5.82. The summed E-state index contributed by atoms with van der Waals surface area (Å²) in [6.45, 7) is 3.43. The second-order valence-corrected chi connectivity index (χ2v) is 7.74. The van der Waals surface area contributed by atoms with E-state index in [2.05, 4.69) is 29.4 Å². The highest BCUT2D eigenvalue weighted by Gasteiger charge is 2.28. The third kappa shape index (κ3) is 6.11. The van der Waals surface area contributed by atoms with Gasteiger partial charge in [-0.15, -0.1) is 0 Å². The molecule has 0 unspecified atom stereocenters. The van der Waals surface area contributed by atoms with Gasteiger partial charge < -0.3 is 15.3 Å². The van der Waals surface area contributed by atoms with Crippen LogP contribution in [-0.4, -0.2) is 41.5 Å². The standard InChI is InChI=1S/C23H26ClF2N3O/c1-2-16-4-3-5-17(8-16)13-28-14-22(30)21(29-7-6-27-15-23(29)24)11-18-9-19(25)12-20(26)10-18/h3-6,8-10,12,15,21-22,28,30H,2,7,11,13-14H2,1H3/t21-,22+/m0/s1. The molecule has 0 amide bonds. The molecular formula is C23H26ClF2N3O. The van der Waals surface area contributed by atoms with Crippen molar-refractivity contribution in [3.8, 4) is 0 Å². The molecule has 0 spiro atoms. The molecule has 1 aliphatic heterocycles. The zero-order valence-corrected chi connectivity index (χ0v) is 17.6. The molecule has 30 heavy (non-hydrogen) atoms. The molecule has 2 aromatic carbocycles. The summed E-state index contributed by atoms with van der Waals surface area (Å²) >= 11 is 6.31. The summed E-state index contributed by atoms with van der Waals surface area (Å²) in [5.74, 6) is -1.29. The molecule has 0 aliphatic carbocycles. The van der Waals surface area contributed by atoms with Crippen LogP contribution in [0.4, 0.5) is 8.78 Å². The Hall–Kier alpha value is -2.28. The van der Waals surface area contributed by atoms with Gasteiger partial charge in [0.1, 0.15) is 16.8 Å². The van der Waals surface area contributed by atoms with Gasteiger partial charge in [-0.25, -0.2) is 8.78 Å². The van der Waals surface area contributed by atoms with E-state index in [0.717, 1.165) is 18.1 Å². The van der Waals surface area contributed by atoms with E-state index in [-0.39, 0.29) is 6.42 Å². The van der Waals surface area contributed by atoms with E-state index in [9.17, 15) is 13.9 Å². The van der Waals surface area contributed by atoms with Gasteiger partial charge in [-0.2, -0.15) is 0 Å². The maximum Gasteiger partial charge on any atom is 0.126 e. The van der Waals surface area contributed by atoms with Crippen molar-refractivity contribution >= 4 is 17.8 Å². The number of halogens is 3. The lowest BCUT2D eigenvalue weighted by Gasteiger charge is -2.36. The van der Waals surface area contributed by atoms with Crippen molar-refractivity contribution < 1.29 is 13.9 Å². The first-order chi connectivity index (χ1) is 14.5. The Bertz CT molecular complexity index is 899. The lowest BCUT2D eigenvalue weighted by atomic mass is 9.99. The van der Waals surface area contributed by atoms with Crippen molar-refractivity contribution in [1.29, 1.82) is 0 Å². The Balaban J connectivity index is 1.70. The minimum atomic E-state index is -0.820. The lowest BCUT2D eigenvalue weighted by Crippen LogP contribution is -2.49. The van der Waals surface area contributed by atoms with Crippen LogP contribution in [-0.2, 0) is 19.4 Å². The molecule has 0 fully saturated rings. The average molecular weight is 434 g/mol. The van der Waals surface area contributed by atoms with Gasteiger partial charge in [0.15, 0.2) is 0 Å². The van der Waals surface area contributed by atoms with Crippen LogP contribution in [0.2, 0.25) is 0 Å². The predicted octanol–water partition coefficient (Wildman–Crippen LogP) is 4.01. The molecule has 0 bridgehead atoms. The summed E-state index contributed by atoms with van der Waals surface area (Å²) in [5.41, 5.74) is 2.85. The van der Waals surface area contributed by atoms with Gasteiger partial charge in [0, 0.05) is 25.4 Å². The van der Waals surface area contributed by atoms with Crippen LogP contribution in [0.1, 0.15) is 23.6 Å². The Labute approximate surface area is 180 Å². The van der Waals surface area contributed by atoms with Gasteiger partial charge in [0.25, 0.3) is 0 Å². The molecule has 2 N–H and O–H groups in total. The maximum atomic E-state index is 13.7. The number of benzene rings is 2. The number of rotatable bonds is 9. The first-order valence-electron chi connectivity index (χ1n) is 10.0. The second-order valence-electron chi connectivity index (χ2n) is 7.36. The smallest absolute Gasteiger partial charge is 0.126 e. The zero-order chi connectivity index (χ0) is 21.5. The fourth-order valence-corrected chi connectivity index (χ4v) is 3.84. The van der Waals surface area contributed by atoms with Gasteiger partial charge in [0.05, 0.1) is 24.9 Å². The molecule has 4 nitrogen and oxygen atoms in total. The largest absolute Gasteiger partial charge is 0.390 e. The molecule has 2 atom stereocenters. The van der Waals surface area contributed by atoms with E-state index >= 15 is 0 Å². The molecule has 160 valence electrons. The molecule has 0 saturated carbocycles. The first-order valence-corrected chi connectivity index (χ1v) is 10.4. The molecule has 0 aromatic heterocycles. The van der Waals surface area contributed by atoms with E-state index in [1.165, 1.54) is 23.9 Å². The fraction of sp³-hybridized carbons (Fsp3) is 0.348. The molecular weight excluding hydrogens is 408 g/mol. The fourth-order valence-electron chi connectivity index (χ4n) is 3.59. The predicted molar refractivity (Wildman–Crippen MR) is 117 cm³/mol. The van der Waals surface area contributed by atoms with Crippen molar-refractivity contribution in [2.45, 2.75) is 38.5 Å². The number of hydrogen-bond acceptors (Lipinski definition) is 4. The topological polar surface area (TPSA) is 47.9 Å². The van der Waals surface area contributed by atoms with Crippen LogP contribution in [0.15, 0.2) is 58.8 Å². The highest BCUT2D eigenvalue weighted by Crippen LogP contribution is 2.22. The molecule has 3 rings (SSSR count). The molecule has 2 aromatic rings. The molecule has 1 heterocycles. The molecule has 0 radical (unpaired) electrons. The van der Waals surface area contributed by atoms with Crippen LogP contribution in [0, 0.1) is 11.6 Å². The number of aliphatic imine (C=N–C) groups is 1. The number of nitrogens with zero attached hydrogens (tertiary/aromatic N) is 2. The van der Waals surface area contributed by atoms with Crippen LogP contribution < -0.4 is 5.32 Å². The van der Waals surface area contributed by atoms with Gasteiger partial charge in [-0.3, -0.25) is 4.99 Å². The van der Waals surface area contributed by atoms with Crippen molar-refractivity contribution in [3.63, 3.8) is 0 Å². The van der Waals surface area contributed by atoms with Gasteiger partial charge in [-0.1, -0.05) is 42.8 Å². The minimum absolute atomic E-state index is 0.237. The van der Waals surface area contributed by atoms with E-state index in [0.29, 0.717) is 30.4 Å². The van der Waals surface area contributed by atoms with E-state index in [1.807, 2.05) is 12.1 Å². The van der Waals surface area contributed by atoms with E-state index in [4.69, 9.17) is 11.6 Å². The number of aryl methyl sites for hydroxylation is 1. The zero-order valence-electron chi connectivity index (χ0n) is 16.9. The summed E-state index contributed by atoms with van der Waals surface area (Å²) in [6, 6.07) is 11.2. The SMILES string of the molecule is CCc1cccc(CNC[C@@H](O)[C@H](Cc2cc(F)cc(F)c2)N2CC=NC=C2Cl)c1. The van der Waals surface area contributed by atoms with Crippen LogP contribution in [0.5, 0.6) is 0 Å².